The number of hydrogen-bond donors (Lipinski definition) is 2. The smallest absolute Gasteiger partial charge is 0.251 e. The quantitative estimate of drug-likeness (QED) is 0.881. The molecule has 1 fully saturated rings. The molecule has 0 aliphatic heterocycles. The lowest BCUT2D eigenvalue weighted by Gasteiger charge is -2.33. The van der Waals surface area contributed by atoms with Gasteiger partial charge >= 0.3 is 0 Å². The third kappa shape index (κ3) is 4.27. The second-order valence-corrected chi connectivity index (χ2v) is 5.91. The van der Waals surface area contributed by atoms with Crippen molar-refractivity contribution in [2.75, 3.05) is 6.54 Å². The fraction of sp³-hybridized carbons (Fsp3) is 0.467. The Morgan fingerprint density at radius 3 is 2.52 bits per heavy atom. The second-order valence-electron chi connectivity index (χ2n) is 5.91. The van der Waals surface area contributed by atoms with E-state index in [1.54, 1.807) is 16.8 Å². The van der Waals surface area contributed by atoms with Crippen LogP contribution in [-0.4, -0.2) is 38.2 Å². The summed E-state index contributed by atoms with van der Waals surface area (Å²) in [6.45, 7) is 0.528. The van der Waals surface area contributed by atoms with Gasteiger partial charge in [-0.3, -0.25) is 4.79 Å². The minimum Gasteiger partial charge on any atom is -0.350 e. The molecule has 1 aromatic heterocycles. The molecule has 1 saturated carbocycles. The number of nitrogens with zero attached hydrogens (tertiary/aromatic N) is 4. The van der Waals surface area contributed by atoms with Crippen molar-refractivity contribution in [3.05, 3.63) is 36.2 Å². The van der Waals surface area contributed by atoms with Crippen LogP contribution in [0.1, 0.15) is 42.5 Å². The maximum atomic E-state index is 12.2. The van der Waals surface area contributed by atoms with Gasteiger partial charge in [0.2, 0.25) is 0 Å². The zero-order chi connectivity index (χ0) is 15.4. The fourth-order valence-electron chi connectivity index (χ4n) is 2.84. The summed E-state index contributed by atoms with van der Waals surface area (Å²) in [5.41, 5.74) is 7.50. The molecular weight excluding hydrogens is 316 g/mol. The molecule has 1 amide bonds. The third-order valence-corrected chi connectivity index (χ3v) is 4.19. The van der Waals surface area contributed by atoms with Crippen LogP contribution in [0.15, 0.2) is 30.6 Å². The van der Waals surface area contributed by atoms with Gasteiger partial charge in [-0.2, -0.15) is 0 Å². The average Bonchev–Trinajstić information content (AvgIpc) is 3.08. The van der Waals surface area contributed by atoms with E-state index in [0.717, 1.165) is 31.4 Å². The molecule has 0 unspecified atom stereocenters. The van der Waals surface area contributed by atoms with E-state index in [2.05, 4.69) is 20.8 Å². The number of tetrazole rings is 1. The van der Waals surface area contributed by atoms with E-state index in [1.165, 1.54) is 12.7 Å². The van der Waals surface area contributed by atoms with Gasteiger partial charge in [0.15, 0.2) is 0 Å². The lowest BCUT2D eigenvalue weighted by atomic mass is 9.82. The number of carbonyl (C=O) groups is 1. The van der Waals surface area contributed by atoms with Crippen molar-refractivity contribution in [2.45, 2.75) is 37.6 Å². The summed E-state index contributed by atoms with van der Waals surface area (Å²) in [4.78, 5) is 12.2. The van der Waals surface area contributed by atoms with Gasteiger partial charge in [0.1, 0.15) is 6.33 Å². The highest BCUT2D eigenvalue weighted by atomic mass is 35.5. The van der Waals surface area contributed by atoms with E-state index in [-0.39, 0.29) is 23.9 Å². The van der Waals surface area contributed by atoms with Gasteiger partial charge < -0.3 is 11.1 Å². The van der Waals surface area contributed by atoms with Crippen molar-refractivity contribution in [1.82, 2.24) is 25.5 Å². The van der Waals surface area contributed by atoms with Crippen molar-refractivity contribution < 1.29 is 4.79 Å². The molecule has 0 radical (unpaired) electrons. The second kappa shape index (κ2) is 7.52. The van der Waals surface area contributed by atoms with Crippen LogP contribution in [0, 0.1) is 0 Å². The Morgan fingerprint density at radius 1 is 1.22 bits per heavy atom. The van der Waals surface area contributed by atoms with Gasteiger partial charge in [0.25, 0.3) is 5.91 Å². The molecule has 3 N–H and O–H groups in total. The highest BCUT2D eigenvalue weighted by Crippen LogP contribution is 2.25. The molecule has 7 nitrogen and oxygen atoms in total. The fourth-order valence-corrected chi connectivity index (χ4v) is 2.84. The van der Waals surface area contributed by atoms with Crippen LogP contribution in [0.5, 0.6) is 0 Å². The highest BCUT2D eigenvalue weighted by molar-refractivity contribution is 5.94. The first-order chi connectivity index (χ1) is 10.7. The molecule has 8 heteroatoms. The highest BCUT2D eigenvalue weighted by Gasteiger charge is 2.27. The van der Waals surface area contributed by atoms with E-state index >= 15 is 0 Å². The molecule has 3 rings (SSSR count). The molecule has 2 aromatic rings. The number of nitrogens with two attached hydrogens (primary N) is 1. The Labute approximate surface area is 141 Å². The van der Waals surface area contributed by atoms with E-state index in [9.17, 15) is 4.79 Å². The Bertz CT molecular complexity index is 622. The SMILES string of the molecule is Cl.NC1(CNC(=O)c2ccc(-n3cnnn3)cc2)CCCCC1. The Hall–Kier alpha value is -1.99. The first-order valence-corrected chi connectivity index (χ1v) is 7.57. The van der Waals surface area contributed by atoms with Crippen molar-refractivity contribution in [3.63, 3.8) is 0 Å². The minimum absolute atomic E-state index is 0. The van der Waals surface area contributed by atoms with Crippen LogP contribution in [0.3, 0.4) is 0 Å². The van der Waals surface area contributed by atoms with Gasteiger partial charge in [-0.05, 0) is 47.5 Å². The summed E-state index contributed by atoms with van der Waals surface area (Å²) in [5.74, 6) is -0.0985. The van der Waals surface area contributed by atoms with Crippen LogP contribution in [0.4, 0.5) is 0 Å². The lowest BCUT2D eigenvalue weighted by molar-refractivity contribution is 0.0937. The van der Waals surface area contributed by atoms with Crippen LogP contribution < -0.4 is 11.1 Å². The van der Waals surface area contributed by atoms with E-state index in [4.69, 9.17) is 5.73 Å². The van der Waals surface area contributed by atoms with Gasteiger partial charge in [-0.1, -0.05) is 19.3 Å². The van der Waals surface area contributed by atoms with Crippen LogP contribution in [0.25, 0.3) is 5.69 Å². The largest absolute Gasteiger partial charge is 0.350 e. The molecule has 1 aromatic carbocycles. The number of rotatable bonds is 4. The lowest BCUT2D eigenvalue weighted by Crippen LogP contribution is -2.51. The molecule has 124 valence electrons. The van der Waals surface area contributed by atoms with Gasteiger partial charge in [-0.15, -0.1) is 17.5 Å². The standard InChI is InChI=1S/C15H20N6O.ClH/c16-15(8-2-1-3-9-15)10-17-14(22)12-4-6-13(7-5-12)21-11-18-19-20-21;/h4-7,11H,1-3,8-10,16H2,(H,17,22);1H. The van der Waals surface area contributed by atoms with E-state index in [0.29, 0.717) is 12.1 Å². The van der Waals surface area contributed by atoms with Crippen molar-refractivity contribution in [3.8, 4) is 5.69 Å². The molecule has 0 atom stereocenters. The van der Waals surface area contributed by atoms with Gasteiger partial charge in [0, 0.05) is 17.6 Å². The molecule has 1 aliphatic rings. The average molecular weight is 337 g/mol. The molecule has 1 heterocycles. The summed E-state index contributed by atoms with van der Waals surface area (Å²) < 4.78 is 1.54. The van der Waals surface area contributed by atoms with Gasteiger partial charge in [0.05, 0.1) is 5.69 Å². The van der Waals surface area contributed by atoms with Gasteiger partial charge in [-0.25, -0.2) is 4.68 Å². The number of hydrogen-bond acceptors (Lipinski definition) is 5. The number of benzene rings is 1. The molecular formula is C15H21ClN6O. The van der Waals surface area contributed by atoms with Crippen LogP contribution in [0.2, 0.25) is 0 Å². The predicted octanol–water partition coefficient (Wildman–Crippen LogP) is 1.48. The summed E-state index contributed by atoms with van der Waals surface area (Å²) in [6.07, 6.45) is 7.00. The summed E-state index contributed by atoms with van der Waals surface area (Å²) in [5, 5.41) is 13.9. The summed E-state index contributed by atoms with van der Waals surface area (Å²) in [7, 11) is 0. The number of carbonyl (C=O) groups excluding carboxylic acids is 1. The number of amides is 1. The Balaban J connectivity index is 0.00000192. The Morgan fingerprint density at radius 2 is 1.91 bits per heavy atom. The van der Waals surface area contributed by atoms with Crippen LogP contribution in [-0.2, 0) is 0 Å². The molecule has 0 spiro atoms. The predicted molar refractivity (Wildman–Crippen MR) is 88.7 cm³/mol. The number of aromatic nitrogens is 4. The maximum Gasteiger partial charge on any atom is 0.251 e. The summed E-state index contributed by atoms with van der Waals surface area (Å²) >= 11 is 0. The topological polar surface area (TPSA) is 98.7 Å². The Kier molecular flexibility index (Phi) is 5.68. The van der Waals surface area contributed by atoms with E-state index < -0.39 is 0 Å². The first-order valence-electron chi connectivity index (χ1n) is 7.57. The van der Waals surface area contributed by atoms with Crippen LogP contribution >= 0.6 is 12.4 Å². The number of halogens is 1. The summed E-state index contributed by atoms with van der Waals surface area (Å²) in [6, 6.07) is 7.14. The van der Waals surface area contributed by atoms with E-state index in [1.807, 2.05) is 12.1 Å². The third-order valence-electron chi connectivity index (χ3n) is 4.19. The zero-order valence-corrected chi connectivity index (χ0v) is 13.6. The first kappa shape index (κ1) is 17.4. The minimum atomic E-state index is -0.250. The molecule has 0 saturated heterocycles. The molecule has 23 heavy (non-hydrogen) atoms. The van der Waals surface area contributed by atoms with Crippen molar-refractivity contribution in [2.24, 2.45) is 5.73 Å². The number of nitrogens with one attached hydrogen (secondary N) is 1. The van der Waals surface area contributed by atoms with Crippen molar-refractivity contribution in [1.29, 1.82) is 0 Å². The molecule has 0 bridgehead atoms. The zero-order valence-electron chi connectivity index (χ0n) is 12.8. The molecule has 1 aliphatic carbocycles. The monoisotopic (exact) mass is 336 g/mol. The normalized spacial score (nSPS) is 16.4. The maximum absolute atomic E-state index is 12.2. The van der Waals surface area contributed by atoms with Crippen molar-refractivity contribution >= 4 is 18.3 Å².